The quantitative estimate of drug-likeness (QED) is 0.0704. The van der Waals surface area contributed by atoms with E-state index in [9.17, 15) is 40.9 Å². The van der Waals surface area contributed by atoms with E-state index in [1.54, 1.807) is 48.5 Å². The van der Waals surface area contributed by atoms with Crippen molar-refractivity contribution in [3.63, 3.8) is 0 Å². The Morgan fingerprint density at radius 2 is 0.792 bits per heavy atom. The average molecular weight is 643 g/mol. The minimum Gasteiger partial charge on any atom is -0.503 e. The van der Waals surface area contributed by atoms with Gasteiger partial charge in [-0.15, -0.1) is 0 Å². The van der Waals surface area contributed by atoms with Crippen LogP contribution in [0, 0.1) is 0 Å². The minimum atomic E-state index is -0.979. The highest BCUT2D eigenvalue weighted by atomic mass is 17.0. The van der Waals surface area contributed by atoms with E-state index < -0.39 is 57.2 Å². The molecule has 0 saturated heterocycles. The fourth-order valence-corrected chi connectivity index (χ4v) is 6.95. The number of aromatic hydroxyl groups is 8. The van der Waals surface area contributed by atoms with Crippen LogP contribution in [-0.4, -0.2) is 50.0 Å². The first-order chi connectivity index (χ1) is 23.2. The second kappa shape index (κ2) is 9.23. The molecule has 0 aliphatic carbocycles. The van der Waals surface area contributed by atoms with Crippen molar-refractivity contribution < 1.29 is 50.0 Å². The molecule has 48 heavy (non-hydrogen) atoms. The first-order valence-electron chi connectivity index (χ1n) is 14.6. The molecule has 0 fully saturated rings. The van der Waals surface area contributed by atoms with Crippen LogP contribution in [0.3, 0.4) is 0 Å². The van der Waals surface area contributed by atoms with E-state index in [0.29, 0.717) is 16.9 Å². The van der Waals surface area contributed by atoms with Gasteiger partial charge in [0.1, 0.15) is 22.1 Å². The molecular weight excluding hydrogens is 620 g/mol. The Hall–Kier alpha value is -7.08. The van der Waals surface area contributed by atoms with E-state index in [4.69, 9.17) is 9.15 Å². The normalized spacial score (nSPS) is 12.0. The van der Waals surface area contributed by atoms with Crippen molar-refractivity contribution in [3.05, 3.63) is 84.9 Å². The lowest BCUT2D eigenvalue weighted by atomic mass is 10.0. The Bertz CT molecular complexity index is 2810. The topological polar surface area (TPSA) is 198 Å². The average Bonchev–Trinajstić information content (AvgIpc) is 3.64. The van der Waals surface area contributed by atoms with E-state index in [-0.39, 0.29) is 43.6 Å². The molecule has 3 aromatic heterocycles. The molecule has 12 nitrogen and oxygen atoms in total. The number of benzene rings is 6. The summed E-state index contributed by atoms with van der Waals surface area (Å²) in [5.41, 5.74) is 0.697. The molecule has 9 rings (SSSR count). The Kier molecular flexibility index (Phi) is 5.24. The van der Waals surface area contributed by atoms with Crippen molar-refractivity contribution in [1.82, 2.24) is 9.13 Å². The summed E-state index contributed by atoms with van der Waals surface area (Å²) in [6.07, 6.45) is 0. The lowest BCUT2D eigenvalue weighted by Crippen LogP contribution is -1.98. The van der Waals surface area contributed by atoms with E-state index in [1.165, 1.54) is 9.13 Å². The van der Waals surface area contributed by atoms with Gasteiger partial charge >= 0.3 is 0 Å². The first-order valence-corrected chi connectivity index (χ1v) is 14.6. The largest absolute Gasteiger partial charge is 0.503 e. The summed E-state index contributed by atoms with van der Waals surface area (Å²) in [6.45, 7) is 0. The van der Waals surface area contributed by atoms with Crippen LogP contribution in [0.25, 0.3) is 77.3 Å². The first kappa shape index (κ1) is 27.2. The van der Waals surface area contributed by atoms with E-state index in [1.807, 2.05) is 36.4 Å². The highest BCUT2D eigenvalue weighted by molar-refractivity contribution is 6.37. The summed E-state index contributed by atoms with van der Waals surface area (Å²) in [5, 5.41) is 91.0. The molecule has 0 atom stereocenters. The van der Waals surface area contributed by atoms with E-state index >= 15 is 0 Å². The van der Waals surface area contributed by atoms with Crippen LogP contribution in [0.1, 0.15) is 0 Å². The molecule has 6 aromatic carbocycles. The van der Waals surface area contributed by atoms with Crippen LogP contribution in [-0.2, 0) is 0 Å². The van der Waals surface area contributed by atoms with Crippen molar-refractivity contribution >= 4 is 54.8 Å². The number of phenols is 8. The minimum absolute atomic E-state index is 0.0462. The van der Waals surface area contributed by atoms with Gasteiger partial charge in [0, 0.05) is 22.0 Å². The van der Waals surface area contributed by atoms with Gasteiger partial charge in [0.2, 0.25) is 34.2 Å². The van der Waals surface area contributed by atoms with Crippen LogP contribution in [0.2, 0.25) is 0 Å². The van der Waals surface area contributed by atoms with Crippen molar-refractivity contribution in [2.45, 2.75) is 0 Å². The highest BCUT2D eigenvalue weighted by Gasteiger charge is 2.36. The molecular formula is C36H22N2O10. The number of aromatic nitrogens is 2. The Morgan fingerprint density at radius 1 is 0.375 bits per heavy atom. The molecule has 8 N–H and O–H groups in total. The molecule has 3 heterocycles. The van der Waals surface area contributed by atoms with Crippen LogP contribution in [0.4, 0.5) is 0 Å². The van der Waals surface area contributed by atoms with Crippen LogP contribution in [0.5, 0.6) is 46.0 Å². The summed E-state index contributed by atoms with van der Waals surface area (Å²) >= 11 is 0. The Balaban J connectivity index is 1.67. The molecule has 0 aliphatic heterocycles. The van der Waals surface area contributed by atoms with Crippen molar-refractivity contribution in [2.24, 2.45) is 0 Å². The third kappa shape index (κ3) is 3.17. The molecule has 0 amide bonds. The number of phenolic OH excluding ortho intramolecular Hbond substituents is 8. The lowest BCUT2D eigenvalue weighted by Gasteiger charge is -2.16. The zero-order valence-electron chi connectivity index (χ0n) is 24.4. The number of rotatable bonds is 3. The number of hydrogen-bond acceptors (Lipinski definition) is 10. The Morgan fingerprint density at radius 3 is 1.35 bits per heavy atom. The third-order valence-corrected chi connectivity index (χ3v) is 8.95. The lowest BCUT2D eigenvalue weighted by molar-refractivity contribution is 0.0869. The summed E-state index contributed by atoms with van der Waals surface area (Å²) in [5.74, 6) is -6.70. The molecule has 12 heteroatoms. The fraction of sp³-hybridized carbons (Fsp3) is 0. The summed E-state index contributed by atoms with van der Waals surface area (Å²) in [4.78, 5) is 0. The van der Waals surface area contributed by atoms with Gasteiger partial charge < -0.3 is 50.0 Å². The standard InChI is InChI=1S/C36H22N2O10/c39-27-23-19-20-22-26(38(24(20)28(27)40)18-14-8-7-13-17(18)15-9-3-1-4-10-15)30(42)32(44)34(46)36(22)48-47-35-21(19)25(29(41)31(43)33(35)45)37(23)16-11-5-2-6-12-16/h1-14,39-46H. The molecule has 0 bridgehead atoms. The van der Waals surface area contributed by atoms with Crippen LogP contribution in [0.15, 0.2) is 94.1 Å². The third-order valence-electron chi connectivity index (χ3n) is 8.95. The number of hydrogen-bond donors (Lipinski definition) is 8. The zero-order valence-corrected chi connectivity index (χ0v) is 24.4. The van der Waals surface area contributed by atoms with Gasteiger partial charge in [-0.3, -0.25) is 9.15 Å². The SMILES string of the molecule is Oc1c(O)c2ooc3c(O)c(O)c(O)c4c3c3c5c2c(c1O)n(-c1ccccc1)c5c(O)c(O)c3n4-c1ccccc1-c1ccccc1. The van der Waals surface area contributed by atoms with Gasteiger partial charge in [0.05, 0.1) is 16.5 Å². The second-order valence-electron chi connectivity index (χ2n) is 11.4. The molecule has 0 unspecified atom stereocenters. The van der Waals surface area contributed by atoms with Gasteiger partial charge in [0.25, 0.3) is 0 Å². The maximum Gasteiger partial charge on any atom is 0.234 e. The van der Waals surface area contributed by atoms with Crippen LogP contribution < -0.4 is 0 Å². The van der Waals surface area contributed by atoms with Gasteiger partial charge in [-0.25, -0.2) is 0 Å². The molecule has 236 valence electrons. The molecule has 0 radical (unpaired) electrons. The van der Waals surface area contributed by atoms with Crippen LogP contribution >= 0.6 is 0 Å². The van der Waals surface area contributed by atoms with Gasteiger partial charge in [-0.1, -0.05) is 66.7 Å². The number of nitrogens with zero attached hydrogens (tertiary/aromatic N) is 2. The fourth-order valence-electron chi connectivity index (χ4n) is 6.95. The Labute approximate surface area is 267 Å². The maximum absolute atomic E-state index is 12.0. The summed E-state index contributed by atoms with van der Waals surface area (Å²) in [6, 6.07) is 24.7. The predicted octanol–water partition coefficient (Wildman–Crippen LogP) is 7.53. The van der Waals surface area contributed by atoms with Crippen molar-refractivity contribution in [1.29, 1.82) is 0 Å². The molecule has 0 saturated carbocycles. The van der Waals surface area contributed by atoms with E-state index in [0.717, 1.165) is 5.56 Å². The van der Waals surface area contributed by atoms with Gasteiger partial charge in [-0.05, 0) is 23.8 Å². The maximum atomic E-state index is 12.0. The smallest absolute Gasteiger partial charge is 0.234 e. The van der Waals surface area contributed by atoms with Crippen molar-refractivity contribution in [2.75, 3.05) is 0 Å². The molecule has 0 spiro atoms. The van der Waals surface area contributed by atoms with Gasteiger partial charge in [0.15, 0.2) is 23.0 Å². The van der Waals surface area contributed by atoms with Gasteiger partial charge in [-0.2, -0.15) is 0 Å². The molecule has 0 aliphatic rings. The van der Waals surface area contributed by atoms with Crippen molar-refractivity contribution in [3.8, 4) is 68.5 Å². The number of para-hydroxylation sites is 2. The predicted molar refractivity (Wildman–Crippen MR) is 176 cm³/mol. The highest BCUT2D eigenvalue weighted by Crippen LogP contribution is 2.59. The summed E-state index contributed by atoms with van der Waals surface area (Å²) < 4.78 is 13.9. The van der Waals surface area contributed by atoms with E-state index in [2.05, 4.69) is 0 Å². The second-order valence-corrected chi connectivity index (χ2v) is 11.4. The zero-order chi connectivity index (χ0) is 33.2. The monoisotopic (exact) mass is 642 g/mol. The molecule has 9 aromatic rings. The summed E-state index contributed by atoms with van der Waals surface area (Å²) in [7, 11) is 0.